The number of esters is 1. The van der Waals surface area contributed by atoms with Gasteiger partial charge in [0.1, 0.15) is 11.5 Å². The van der Waals surface area contributed by atoms with E-state index in [2.05, 4.69) is 16.6 Å². The molecule has 2 rings (SSSR count). The molecule has 0 atom stereocenters. The van der Waals surface area contributed by atoms with Crippen molar-refractivity contribution in [2.75, 3.05) is 12.4 Å². The summed E-state index contributed by atoms with van der Waals surface area (Å²) in [5, 5.41) is 0. The van der Waals surface area contributed by atoms with Gasteiger partial charge in [-0.15, -0.1) is 24.9 Å². The molecule has 0 amide bonds. The molecule has 33 heavy (non-hydrogen) atoms. The maximum atomic E-state index is 12.3. The Hall–Kier alpha value is -2.79. The van der Waals surface area contributed by atoms with Crippen molar-refractivity contribution >= 4 is 17.7 Å². The van der Waals surface area contributed by atoms with Gasteiger partial charge >= 0.3 is 12.3 Å². The normalized spacial score (nSPS) is 11.4. The summed E-state index contributed by atoms with van der Waals surface area (Å²) in [5.41, 5.74) is 0.312. The lowest BCUT2D eigenvalue weighted by Crippen LogP contribution is -2.39. The van der Waals surface area contributed by atoms with Crippen LogP contribution in [0.4, 0.5) is 13.2 Å². The van der Waals surface area contributed by atoms with Crippen LogP contribution in [0.5, 0.6) is 11.5 Å². The van der Waals surface area contributed by atoms with Crippen molar-refractivity contribution in [3.05, 3.63) is 53.6 Å². The Morgan fingerprint density at radius 1 is 1.09 bits per heavy atom. The topological polar surface area (TPSA) is 44.8 Å². The van der Waals surface area contributed by atoms with Crippen LogP contribution < -0.4 is 9.47 Å². The van der Waals surface area contributed by atoms with E-state index in [9.17, 15) is 18.0 Å². The number of carbonyl (C=O) groups is 1. The number of hydrogen-bond acceptors (Lipinski definition) is 5. The second-order valence-electron chi connectivity index (χ2n) is 7.59. The fourth-order valence-electron chi connectivity index (χ4n) is 2.73. The van der Waals surface area contributed by atoms with Gasteiger partial charge in [0.25, 0.3) is 0 Å². The number of alkyl halides is 3. The third kappa shape index (κ3) is 9.30. The highest BCUT2D eigenvalue weighted by Gasteiger charge is 2.32. The number of carbonyl (C=O) groups excluding carboxylic acids is 1. The third-order valence-electron chi connectivity index (χ3n) is 4.29. The molecule has 4 nitrogen and oxygen atoms in total. The number of unbranched alkanes of at least 4 members (excludes halogenated alkanes) is 1. The Kier molecular flexibility index (Phi) is 9.54. The average Bonchev–Trinajstić information content (AvgIpc) is 2.71. The van der Waals surface area contributed by atoms with Crippen molar-refractivity contribution < 1.29 is 32.2 Å². The molecular weight excluding hydrogens is 453 g/mol. The molecule has 0 aromatic heterocycles. The summed E-state index contributed by atoms with van der Waals surface area (Å²) in [4.78, 5) is 13.1. The lowest BCUT2D eigenvalue weighted by Gasteiger charge is -2.25. The van der Waals surface area contributed by atoms with Crippen molar-refractivity contribution in [1.29, 1.82) is 0 Å². The number of thioether (sulfide) groups is 1. The van der Waals surface area contributed by atoms with E-state index in [1.165, 1.54) is 18.2 Å². The van der Waals surface area contributed by atoms with Gasteiger partial charge in [0.2, 0.25) is 0 Å². The first-order chi connectivity index (χ1) is 15.5. The first-order valence-corrected chi connectivity index (χ1v) is 11.4. The minimum Gasteiger partial charge on any atom is -0.476 e. The van der Waals surface area contributed by atoms with Crippen molar-refractivity contribution in [3.8, 4) is 23.3 Å². The zero-order valence-corrected chi connectivity index (χ0v) is 19.9. The molecule has 0 fully saturated rings. The Labute approximate surface area is 196 Å². The smallest absolute Gasteiger partial charge is 0.476 e. The number of rotatable bonds is 9. The average molecular weight is 481 g/mol. The molecule has 2 aromatic carbocycles. The largest absolute Gasteiger partial charge is 0.573 e. The second-order valence-corrected chi connectivity index (χ2v) is 8.76. The van der Waals surface area contributed by atoms with E-state index in [1.807, 2.05) is 25.1 Å². The van der Waals surface area contributed by atoms with E-state index in [-0.39, 0.29) is 5.75 Å². The van der Waals surface area contributed by atoms with Crippen molar-refractivity contribution in [2.45, 2.75) is 57.4 Å². The standard InChI is InChI=1S/C25H27F3O4S/c1-5-30-23(29)24(3,4)32-22-14-13-21(16-18(22)2)33-15-8-6-7-10-19-11-9-12-20(17-19)31-25(26,27)28/h9,11-14,16-17H,5-6,8,15H2,1-4H3. The Balaban J connectivity index is 1.82. The summed E-state index contributed by atoms with van der Waals surface area (Å²) < 4.78 is 51.7. The highest BCUT2D eigenvalue weighted by molar-refractivity contribution is 7.99. The molecule has 0 aliphatic carbocycles. The predicted octanol–water partition coefficient (Wildman–Crippen LogP) is 6.54. The van der Waals surface area contributed by atoms with Crippen LogP contribution in [-0.2, 0) is 9.53 Å². The van der Waals surface area contributed by atoms with Crippen LogP contribution in [-0.4, -0.2) is 30.3 Å². The van der Waals surface area contributed by atoms with E-state index in [0.717, 1.165) is 22.6 Å². The van der Waals surface area contributed by atoms with Crippen molar-refractivity contribution in [2.24, 2.45) is 0 Å². The monoisotopic (exact) mass is 480 g/mol. The van der Waals surface area contributed by atoms with E-state index in [0.29, 0.717) is 24.3 Å². The number of benzene rings is 2. The highest BCUT2D eigenvalue weighted by atomic mass is 32.2. The molecule has 0 unspecified atom stereocenters. The van der Waals surface area contributed by atoms with Gasteiger partial charge in [-0.25, -0.2) is 4.79 Å². The minimum absolute atomic E-state index is 0.279. The van der Waals surface area contributed by atoms with Gasteiger partial charge in [0.05, 0.1) is 6.61 Å². The Morgan fingerprint density at radius 3 is 2.52 bits per heavy atom. The molecule has 0 heterocycles. The fraction of sp³-hybridized carbons (Fsp3) is 0.400. The molecule has 0 radical (unpaired) electrons. The molecule has 2 aromatic rings. The van der Waals surface area contributed by atoms with Crippen LogP contribution in [0.3, 0.4) is 0 Å². The summed E-state index contributed by atoms with van der Waals surface area (Å²) in [6.45, 7) is 7.31. The van der Waals surface area contributed by atoms with Crippen molar-refractivity contribution in [3.63, 3.8) is 0 Å². The summed E-state index contributed by atoms with van der Waals surface area (Å²) in [6.07, 6.45) is -3.28. The van der Waals surface area contributed by atoms with E-state index in [4.69, 9.17) is 9.47 Å². The van der Waals surface area contributed by atoms with Gasteiger partial charge < -0.3 is 14.2 Å². The molecule has 0 spiro atoms. The zero-order valence-electron chi connectivity index (χ0n) is 19.0. The summed E-state index contributed by atoms with van der Waals surface area (Å²) in [6, 6.07) is 11.4. The van der Waals surface area contributed by atoms with E-state index in [1.54, 1.807) is 38.6 Å². The lowest BCUT2D eigenvalue weighted by molar-refractivity contribution is -0.274. The quantitative estimate of drug-likeness (QED) is 0.177. The molecule has 0 saturated carbocycles. The number of hydrogen-bond donors (Lipinski definition) is 0. The maximum absolute atomic E-state index is 12.3. The zero-order chi connectivity index (χ0) is 24.5. The molecule has 178 valence electrons. The highest BCUT2D eigenvalue weighted by Crippen LogP contribution is 2.29. The first-order valence-electron chi connectivity index (χ1n) is 10.4. The summed E-state index contributed by atoms with van der Waals surface area (Å²) >= 11 is 1.67. The Bertz CT molecular complexity index is 1010. The van der Waals surface area contributed by atoms with Gasteiger partial charge in [-0.3, -0.25) is 0 Å². The summed E-state index contributed by atoms with van der Waals surface area (Å²) in [7, 11) is 0. The molecule has 0 aliphatic heterocycles. The number of halogens is 3. The van der Waals surface area contributed by atoms with Crippen LogP contribution in [0.2, 0.25) is 0 Å². The van der Waals surface area contributed by atoms with Gasteiger partial charge in [-0.1, -0.05) is 17.9 Å². The molecule has 0 bridgehead atoms. The van der Waals surface area contributed by atoms with E-state index < -0.39 is 17.9 Å². The van der Waals surface area contributed by atoms with Crippen LogP contribution in [0, 0.1) is 18.8 Å². The minimum atomic E-state index is -4.72. The molecule has 0 N–H and O–H groups in total. The molecule has 8 heteroatoms. The first kappa shape index (κ1) is 26.5. The van der Waals surface area contributed by atoms with E-state index >= 15 is 0 Å². The molecule has 0 saturated heterocycles. The van der Waals surface area contributed by atoms with Gasteiger partial charge in [-0.05, 0) is 81.8 Å². The lowest BCUT2D eigenvalue weighted by atomic mass is 10.1. The van der Waals surface area contributed by atoms with Gasteiger partial charge in [-0.2, -0.15) is 0 Å². The van der Waals surface area contributed by atoms with Crippen LogP contribution in [0.1, 0.15) is 44.7 Å². The van der Waals surface area contributed by atoms with Crippen LogP contribution >= 0.6 is 11.8 Å². The number of ether oxygens (including phenoxy) is 3. The van der Waals surface area contributed by atoms with Crippen molar-refractivity contribution in [1.82, 2.24) is 0 Å². The fourth-order valence-corrected chi connectivity index (χ4v) is 3.68. The van der Waals surface area contributed by atoms with Gasteiger partial charge in [0.15, 0.2) is 5.60 Å². The van der Waals surface area contributed by atoms with Crippen LogP contribution in [0.15, 0.2) is 47.4 Å². The predicted molar refractivity (Wildman–Crippen MR) is 122 cm³/mol. The SMILES string of the molecule is CCOC(=O)C(C)(C)Oc1ccc(SCCCC#Cc2cccc(OC(F)(F)F)c2)cc1C. The summed E-state index contributed by atoms with van der Waals surface area (Å²) in [5.74, 6) is 6.61. The van der Waals surface area contributed by atoms with Gasteiger partial charge in [0, 0.05) is 16.9 Å². The van der Waals surface area contributed by atoms with Crippen LogP contribution in [0.25, 0.3) is 0 Å². The number of aryl methyl sites for hydroxylation is 1. The third-order valence-corrected chi connectivity index (χ3v) is 5.37. The molecule has 0 aliphatic rings. The molecular formula is C25H27F3O4S. The second kappa shape index (κ2) is 11.9. The Morgan fingerprint density at radius 2 is 1.85 bits per heavy atom. The maximum Gasteiger partial charge on any atom is 0.573 e.